The molecule has 0 unspecified atom stereocenters. The summed E-state index contributed by atoms with van der Waals surface area (Å²) in [5, 5.41) is 0. The first-order valence-corrected chi connectivity index (χ1v) is 7.61. The molecule has 0 spiro atoms. The Labute approximate surface area is 103 Å². The fraction of sp³-hybridized carbons (Fsp3) is 0.875. The molecule has 0 heterocycles. The lowest BCUT2D eigenvalue weighted by Crippen LogP contribution is -1.92. The van der Waals surface area contributed by atoms with Crippen LogP contribution in [0, 0.1) is 0 Å². The molecule has 1 aliphatic carbocycles. The summed E-state index contributed by atoms with van der Waals surface area (Å²) in [6.07, 6.45) is 21.1. The van der Waals surface area contributed by atoms with Crippen LogP contribution in [-0.2, 0) is 0 Å². The van der Waals surface area contributed by atoms with Gasteiger partial charge in [-0.05, 0) is 38.5 Å². The molecule has 1 saturated carbocycles. The van der Waals surface area contributed by atoms with Crippen LogP contribution in [0.15, 0.2) is 11.6 Å². The maximum absolute atomic E-state index is 2.57. The number of allylic oxidation sites excluding steroid dienone is 2. The minimum absolute atomic E-state index is 1.35. The second-order valence-corrected chi connectivity index (χ2v) is 5.33. The van der Waals surface area contributed by atoms with Crippen LogP contribution in [0.2, 0.25) is 0 Å². The topological polar surface area (TPSA) is 0 Å². The molecule has 1 fully saturated rings. The summed E-state index contributed by atoms with van der Waals surface area (Å²) in [5.74, 6) is 0. The van der Waals surface area contributed by atoms with Crippen molar-refractivity contribution >= 4 is 0 Å². The lowest BCUT2D eigenvalue weighted by molar-refractivity contribution is 0.565. The molecule has 0 atom stereocenters. The molecule has 0 aromatic carbocycles. The molecule has 0 aromatic heterocycles. The molecule has 0 aromatic rings. The highest BCUT2D eigenvalue weighted by Crippen LogP contribution is 2.22. The molecule has 94 valence electrons. The van der Waals surface area contributed by atoms with E-state index in [1.165, 1.54) is 83.5 Å². The first-order valence-electron chi connectivity index (χ1n) is 7.61. The quantitative estimate of drug-likeness (QED) is 0.381. The third kappa shape index (κ3) is 7.09. The lowest BCUT2D eigenvalue weighted by Gasteiger charge is -2.11. The van der Waals surface area contributed by atoms with Crippen molar-refractivity contribution in [2.24, 2.45) is 0 Å². The van der Waals surface area contributed by atoms with Crippen LogP contribution in [0.3, 0.4) is 0 Å². The standard InChI is InChI=1S/C16H30/c1-2-3-4-5-7-10-13-16-14-11-8-6-9-12-15-16/h13H,2-12,14-15H2,1H3. The Hall–Kier alpha value is -0.260. The van der Waals surface area contributed by atoms with Crippen LogP contribution in [0.25, 0.3) is 0 Å². The third-order valence-corrected chi connectivity index (χ3v) is 3.74. The van der Waals surface area contributed by atoms with Crippen molar-refractivity contribution in [3.8, 4) is 0 Å². The lowest BCUT2D eigenvalue weighted by atomic mass is 9.95. The van der Waals surface area contributed by atoms with Gasteiger partial charge in [-0.1, -0.05) is 63.5 Å². The summed E-state index contributed by atoms with van der Waals surface area (Å²) in [6, 6.07) is 0. The zero-order valence-corrected chi connectivity index (χ0v) is 11.3. The Balaban J connectivity index is 2.06. The zero-order chi connectivity index (χ0) is 11.5. The van der Waals surface area contributed by atoms with Gasteiger partial charge in [-0.2, -0.15) is 0 Å². The van der Waals surface area contributed by atoms with E-state index in [1.54, 1.807) is 5.57 Å². The van der Waals surface area contributed by atoms with Gasteiger partial charge in [-0.25, -0.2) is 0 Å². The predicted octanol–water partition coefficient (Wildman–Crippen LogP) is 6.02. The first kappa shape index (κ1) is 13.8. The second kappa shape index (κ2) is 9.93. The number of unbranched alkanes of at least 4 members (excludes halogenated alkanes) is 5. The minimum Gasteiger partial charge on any atom is -0.0853 e. The van der Waals surface area contributed by atoms with Crippen LogP contribution < -0.4 is 0 Å². The summed E-state index contributed by atoms with van der Waals surface area (Å²) in [5.41, 5.74) is 1.77. The van der Waals surface area contributed by atoms with Crippen molar-refractivity contribution in [2.75, 3.05) is 0 Å². The van der Waals surface area contributed by atoms with Crippen LogP contribution in [0.5, 0.6) is 0 Å². The molecule has 0 bridgehead atoms. The SMILES string of the molecule is CCCCCCCC=C1CCCCCCC1. The minimum atomic E-state index is 1.35. The fourth-order valence-electron chi connectivity index (χ4n) is 2.62. The van der Waals surface area contributed by atoms with Crippen LogP contribution in [0.4, 0.5) is 0 Å². The molecule has 0 saturated heterocycles. The Morgan fingerprint density at radius 3 is 2.12 bits per heavy atom. The van der Waals surface area contributed by atoms with Gasteiger partial charge in [-0.3, -0.25) is 0 Å². The molecule has 1 rings (SSSR count). The summed E-state index contributed by atoms with van der Waals surface area (Å²) in [7, 11) is 0. The van der Waals surface area contributed by atoms with Crippen molar-refractivity contribution in [3.05, 3.63) is 11.6 Å². The molecule has 0 N–H and O–H groups in total. The van der Waals surface area contributed by atoms with Crippen molar-refractivity contribution in [3.63, 3.8) is 0 Å². The van der Waals surface area contributed by atoms with Gasteiger partial charge in [0.1, 0.15) is 0 Å². The largest absolute Gasteiger partial charge is 0.0853 e. The van der Waals surface area contributed by atoms with Gasteiger partial charge >= 0.3 is 0 Å². The van der Waals surface area contributed by atoms with Crippen molar-refractivity contribution in [1.29, 1.82) is 0 Å². The normalized spacial score (nSPS) is 17.9. The van der Waals surface area contributed by atoms with E-state index in [-0.39, 0.29) is 0 Å². The molecule has 16 heavy (non-hydrogen) atoms. The van der Waals surface area contributed by atoms with Gasteiger partial charge in [-0.15, -0.1) is 0 Å². The van der Waals surface area contributed by atoms with Gasteiger partial charge in [0.15, 0.2) is 0 Å². The van der Waals surface area contributed by atoms with Gasteiger partial charge < -0.3 is 0 Å². The van der Waals surface area contributed by atoms with E-state index >= 15 is 0 Å². The van der Waals surface area contributed by atoms with E-state index in [0.29, 0.717) is 0 Å². The smallest absolute Gasteiger partial charge is 0.0320 e. The zero-order valence-electron chi connectivity index (χ0n) is 11.3. The van der Waals surface area contributed by atoms with E-state index in [1.807, 2.05) is 0 Å². The maximum atomic E-state index is 2.57. The maximum Gasteiger partial charge on any atom is -0.0320 e. The van der Waals surface area contributed by atoms with E-state index < -0.39 is 0 Å². The van der Waals surface area contributed by atoms with E-state index in [4.69, 9.17) is 0 Å². The molecule has 0 heteroatoms. The van der Waals surface area contributed by atoms with E-state index in [0.717, 1.165) is 0 Å². The van der Waals surface area contributed by atoms with Gasteiger partial charge in [0.05, 0.1) is 0 Å². The molecule has 0 amide bonds. The summed E-state index contributed by atoms with van der Waals surface area (Å²) >= 11 is 0. The summed E-state index contributed by atoms with van der Waals surface area (Å²) in [6.45, 7) is 2.29. The van der Waals surface area contributed by atoms with Gasteiger partial charge in [0.2, 0.25) is 0 Å². The Bertz CT molecular complexity index is 168. The molecular formula is C16H30. The third-order valence-electron chi connectivity index (χ3n) is 3.74. The fourth-order valence-corrected chi connectivity index (χ4v) is 2.62. The van der Waals surface area contributed by atoms with E-state index in [2.05, 4.69) is 13.0 Å². The summed E-state index contributed by atoms with van der Waals surface area (Å²) in [4.78, 5) is 0. The second-order valence-electron chi connectivity index (χ2n) is 5.33. The van der Waals surface area contributed by atoms with Crippen LogP contribution in [-0.4, -0.2) is 0 Å². The van der Waals surface area contributed by atoms with Crippen molar-refractivity contribution in [2.45, 2.75) is 90.4 Å². The predicted molar refractivity (Wildman–Crippen MR) is 73.8 cm³/mol. The average molecular weight is 222 g/mol. The first-order chi connectivity index (χ1) is 7.93. The number of hydrogen-bond donors (Lipinski definition) is 0. The van der Waals surface area contributed by atoms with Gasteiger partial charge in [0, 0.05) is 0 Å². The molecular weight excluding hydrogens is 192 g/mol. The molecule has 0 aliphatic heterocycles. The molecule has 1 aliphatic rings. The Morgan fingerprint density at radius 1 is 0.812 bits per heavy atom. The molecule has 0 radical (unpaired) electrons. The number of rotatable bonds is 6. The van der Waals surface area contributed by atoms with Crippen molar-refractivity contribution < 1.29 is 0 Å². The van der Waals surface area contributed by atoms with Crippen LogP contribution >= 0.6 is 0 Å². The highest BCUT2D eigenvalue weighted by molar-refractivity contribution is 5.02. The van der Waals surface area contributed by atoms with E-state index in [9.17, 15) is 0 Å². The summed E-state index contributed by atoms with van der Waals surface area (Å²) < 4.78 is 0. The molecule has 0 nitrogen and oxygen atoms in total. The van der Waals surface area contributed by atoms with Crippen LogP contribution in [0.1, 0.15) is 90.4 Å². The van der Waals surface area contributed by atoms with Gasteiger partial charge in [0.25, 0.3) is 0 Å². The monoisotopic (exact) mass is 222 g/mol. The highest BCUT2D eigenvalue weighted by Gasteiger charge is 2.02. The highest BCUT2D eigenvalue weighted by atomic mass is 14.1. The average Bonchev–Trinajstić information content (AvgIpc) is 2.25. The Morgan fingerprint density at radius 2 is 1.44 bits per heavy atom. The van der Waals surface area contributed by atoms with Crippen molar-refractivity contribution in [1.82, 2.24) is 0 Å². The Kier molecular flexibility index (Phi) is 8.57. The number of hydrogen-bond acceptors (Lipinski definition) is 0.